The van der Waals surface area contributed by atoms with Crippen molar-refractivity contribution >= 4 is 38.9 Å². The lowest BCUT2D eigenvalue weighted by molar-refractivity contribution is -0.116. The van der Waals surface area contributed by atoms with Crippen LogP contribution in [0.1, 0.15) is 18.1 Å². The van der Waals surface area contributed by atoms with Gasteiger partial charge in [-0.05, 0) is 56.2 Å². The number of amides is 1. The summed E-state index contributed by atoms with van der Waals surface area (Å²) in [5.74, 6) is -0.0255. The quantitative estimate of drug-likeness (QED) is 0.786. The summed E-state index contributed by atoms with van der Waals surface area (Å²) >= 11 is 6.13. The molecule has 0 aromatic heterocycles. The fraction of sp³-hybridized carbons (Fsp3) is 0.316. The van der Waals surface area contributed by atoms with Crippen molar-refractivity contribution in [3.05, 3.63) is 52.5 Å². The summed E-state index contributed by atoms with van der Waals surface area (Å²) < 4.78 is 30.9. The van der Waals surface area contributed by atoms with E-state index >= 15 is 0 Å². The number of ether oxygens (including phenoxy) is 1. The molecule has 0 aliphatic carbocycles. The first kappa shape index (κ1) is 21.1. The van der Waals surface area contributed by atoms with Gasteiger partial charge in [-0.15, -0.1) is 0 Å². The van der Waals surface area contributed by atoms with Crippen LogP contribution in [0.25, 0.3) is 0 Å². The molecule has 1 N–H and O–H groups in total. The van der Waals surface area contributed by atoms with Crippen LogP contribution in [0.4, 0.5) is 11.4 Å². The van der Waals surface area contributed by atoms with Crippen molar-refractivity contribution in [3.63, 3.8) is 0 Å². The Hall–Kier alpha value is -2.25. The lowest BCUT2D eigenvalue weighted by Gasteiger charge is -2.28. The summed E-state index contributed by atoms with van der Waals surface area (Å²) in [7, 11) is -2.27. The van der Waals surface area contributed by atoms with Crippen LogP contribution < -0.4 is 14.4 Å². The Labute approximate surface area is 165 Å². The molecule has 0 fully saturated rings. The maximum Gasteiger partial charge on any atom is 0.248 e. The van der Waals surface area contributed by atoms with Crippen molar-refractivity contribution in [2.75, 3.05) is 23.0 Å². The second-order valence-corrected chi connectivity index (χ2v) is 8.63. The summed E-state index contributed by atoms with van der Waals surface area (Å²) in [6, 6.07) is 9.27. The van der Waals surface area contributed by atoms with E-state index < -0.39 is 22.0 Å². The van der Waals surface area contributed by atoms with E-state index in [-0.39, 0.29) is 10.7 Å². The van der Waals surface area contributed by atoms with Gasteiger partial charge in [0.05, 0.1) is 24.1 Å². The number of aryl methyl sites for hydroxylation is 2. The molecule has 0 heterocycles. The number of hydrogen-bond acceptors (Lipinski definition) is 4. The van der Waals surface area contributed by atoms with Crippen LogP contribution in [0.15, 0.2) is 36.4 Å². The highest BCUT2D eigenvalue weighted by Gasteiger charge is 2.30. The third kappa shape index (κ3) is 4.93. The molecule has 1 atom stereocenters. The first-order valence-electron chi connectivity index (χ1n) is 8.25. The fourth-order valence-corrected chi connectivity index (χ4v) is 4.13. The Morgan fingerprint density at radius 3 is 2.41 bits per heavy atom. The number of carbonyl (C=O) groups is 1. The van der Waals surface area contributed by atoms with E-state index in [0.717, 1.165) is 21.7 Å². The average Bonchev–Trinajstić information content (AvgIpc) is 2.57. The normalized spacial score (nSPS) is 12.4. The lowest BCUT2D eigenvalue weighted by atomic mass is 10.1. The number of hydrogen-bond donors (Lipinski definition) is 1. The summed E-state index contributed by atoms with van der Waals surface area (Å²) in [6.07, 6.45) is 1.05. The largest absolute Gasteiger partial charge is 0.495 e. The molecule has 6 nitrogen and oxygen atoms in total. The maximum atomic E-state index is 12.8. The van der Waals surface area contributed by atoms with Crippen LogP contribution >= 0.6 is 11.6 Å². The van der Waals surface area contributed by atoms with Gasteiger partial charge in [-0.1, -0.05) is 23.7 Å². The SMILES string of the molecule is COc1ccc(N([C@H](C)C(=O)Nc2cc(C)ccc2C)S(C)(=O)=O)cc1Cl. The molecule has 0 bridgehead atoms. The van der Waals surface area contributed by atoms with E-state index in [9.17, 15) is 13.2 Å². The number of rotatable bonds is 6. The molecule has 0 saturated heterocycles. The molecular weight excluding hydrogens is 388 g/mol. The van der Waals surface area contributed by atoms with Crippen LogP contribution in [0, 0.1) is 13.8 Å². The molecule has 0 unspecified atom stereocenters. The van der Waals surface area contributed by atoms with Crippen molar-refractivity contribution in [1.82, 2.24) is 0 Å². The number of nitrogens with zero attached hydrogens (tertiary/aromatic N) is 1. The Morgan fingerprint density at radius 1 is 1.19 bits per heavy atom. The topological polar surface area (TPSA) is 75.7 Å². The van der Waals surface area contributed by atoms with Gasteiger partial charge in [-0.25, -0.2) is 8.42 Å². The van der Waals surface area contributed by atoms with E-state index in [2.05, 4.69) is 5.32 Å². The van der Waals surface area contributed by atoms with E-state index in [1.54, 1.807) is 12.1 Å². The molecule has 2 aromatic carbocycles. The molecular formula is C19H23ClN2O4S. The minimum atomic E-state index is -3.74. The Balaban J connectivity index is 2.37. The van der Waals surface area contributed by atoms with Crippen LogP contribution in [-0.4, -0.2) is 33.7 Å². The zero-order valence-electron chi connectivity index (χ0n) is 15.9. The number of sulfonamides is 1. The summed E-state index contributed by atoms with van der Waals surface area (Å²) in [5, 5.41) is 3.06. The number of anilines is 2. The number of carbonyl (C=O) groups excluding carboxylic acids is 1. The molecule has 1 amide bonds. The fourth-order valence-electron chi connectivity index (χ4n) is 2.71. The van der Waals surface area contributed by atoms with Crippen LogP contribution in [-0.2, 0) is 14.8 Å². The number of benzene rings is 2. The van der Waals surface area contributed by atoms with Gasteiger partial charge in [0.25, 0.3) is 0 Å². The van der Waals surface area contributed by atoms with Crippen molar-refractivity contribution in [3.8, 4) is 5.75 Å². The van der Waals surface area contributed by atoms with Crippen molar-refractivity contribution in [2.45, 2.75) is 26.8 Å². The highest BCUT2D eigenvalue weighted by atomic mass is 35.5. The van der Waals surface area contributed by atoms with Gasteiger partial charge in [0, 0.05) is 5.69 Å². The molecule has 0 radical (unpaired) electrons. The lowest BCUT2D eigenvalue weighted by Crippen LogP contribution is -2.45. The van der Waals surface area contributed by atoms with Gasteiger partial charge in [0.15, 0.2) is 0 Å². The summed E-state index contributed by atoms with van der Waals surface area (Å²) in [5.41, 5.74) is 2.81. The third-order valence-corrected chi connectivity index (χ3v) is 5.67. The second-order valence-electron chi connectivity index (χ2n) is 6.36. The summed E-state index contributed by atoms with van der Waals surface area (Å²) in [4.78, 5) is 12.8. The van der Waals surface area contributed by atoms with Gasteiger partial charge in [-0.3, -0.25) is 9.10 Å². The highest BCUT2D eigenvalue weighted by Crippen LogP contribution is 2.31. The zero-order chi connectivity index (χ0) is 20.4. The van der Waals surface area contributed by atoms with Crippen LogP contribution in [0.3, 0.4) is 0 Å². The molecule has 2 aromatic rings. The van der Waals surface area contributed by atoms with Gasteiger partial charge in [-0.2, -0.15) is 0 Å². The predicted molar refractivity (Wildman–Crippen MR) is 109 cm³/mol. The molecule has 27 heavy (non-hydrogen) atoms. The molecule has 0 aliphatic rings. The van der Waals surface area contributed by atoms with Gasteiger partial charge in [0.2, 0.25) is 15.9 Å². The molecule has 0 spiro atoms. The first-order chi connectivity index (χ1) is 12.5. The Kier molecular flexibility index (Phi) is 6.38. The standard InChI is InChI=1S/C19H23ClN2O4S/c1-12-6-7-13(2)17(10-12)21-19(23)14(3)22(27(5,24)25)15-8-9-18(26-4)16(20)11-15/h6-11,14H,1-5H3,(H,21,23)/t14-/m1/s1. The molecule has 2 rings (SSSR count). The van der Waals surface area contributed by atoms with E-state index in [0.29, 0.717) is 11.4 Å². The molecule has 8 heteroatoms. The maximum absolute atomic E-state index is 12.8. The van der Waals surface area contributed by atoms with Crippen molar-refractivity contribution in [1.29, 1.82) is 0 Å². The molecule has 146 valence electrons. The van der Waals surface area contributed by atoms with Crippen LogP contribution in [0.5, 0.6) is 5.75 Å². The smallest absolute Gasteiger partial charge is 0.248 e. The molecule has 0 aliphatic heterocycles. The number of nitrogens with one attached hydrogen (secondary N) is 1. The summed E-state index contributed by atoms with van der Waals surface area (Å²) in [6.45, 7) is 5.32. The van der Waals surface area contributed by atoms with E-state index in [4.69, 9.17) is 16.3 Å². The number of halogens is 1. The predicted octanol–water partition coefficient (Wildman–Crippen LogP) is 3.76. The van der Waals surface area contributed by atoms with E-state index in [1.807, 2.05) is 32.0 Å². The van der Waals surface area contributed by atoms with Crippen molar-refractivity contribution in [2.24, 2.45) is 0 Å². The van der Waals surface area contributed by atoms with Gasteiger partial charge < -0.3 is 10.1 Å². The van der Waals surface area contributed by atoms with Gasteiger partial charge >= 0.3 is 0 Å². The van der Waals surface area contributed by atoms with Crippen LogP contribution in [0.2, 0.25) is 5.02 Å². The third-order valence-electron chi connectivity index (χ3n) is 4.13. The molecule has 0 saturated carbocycles. The second kappa shape index (κ2) is 8.19. The van der Waals surface area contributed by atoms with Crippen molar-refractivity contribution < 1.29 is 17.9 Å². The average molecular weight is 411 g/mol. The number of methoxy groups -OCH3 is 1. The highest BCUT2D eigenvalue weighted by molar-refractivity contribution is 7.92. The zero-order valence-corrected chi connectivity index (χ0v) is 17.5. The first-order valence-corrected chi connectivity index (χ1v) is 10.5. The Morgan fingerprint density at radius 2 is 1.85 bits per heavy atom. The van der Waals surface area contributed by atoms with E-state index in [1.165, 1.54) is 20.1 Å². The minimum Gasteiger partial charge on any atom is -0.495 e. The monoisotopic (exact) mass is 410 g/mol. The minimum absolute atomic E-state index is 0.255. The van der Waals surface area contributed by atoms with Gasteiger partial charge in [0.1, 0.15) is 11.8 Å². The Bertz CT molecular complexity index is 960.